The van der Waals surface area contributed by atoms with Crippen molar-refractivity contribution in [3.8, 4) is 0 Å². The number of hydrogen-bond donors (Lipinski definition) is 1. The van der Waals surface area contributed by atoms with Gasteiger partial charge in [0.2, 0.25) is 0 Å². The predicted molar refractivity (Wildman–Crippen MR) is 82.0 cm³/mol. The molecule has 0 aliphatic heterocycles. The number of hydrogen-bond acceptors (Lipinski definition) is 5. The molecular weight excluding hydrogens is 329 g/mol. The molecule has 0 spiro atoms. The molecule has 22 heavy (non-hydrogen) atoms. The third-order valence-corrected chi connectivity index (χ3v) is 3.14. The normalized spacial score (nSPS) is 11.6. The van der Waals surface area contributed by atoms with Crippen LogP contribution in [-0.2, 0) is 9.53 Å². The molecule has 1 amide bonds. The van der Waals surface area contributed by atoms with Crippen LogP contribution in [0.1, 0.15) is 17.3 Å². The zero-order valence-corrected chi connectivity index (χ0v) is 12.9. The van der Waals surface area contributed by atoms with Crippen molar-refractivity contribution in [3.05, 3.63) is 52.4 Å². The number of carbonyl (C=O) groups excluding carboxylic acids is 2. The molecular formula is C14H11Cl2N3O3. The smallest absolute Gasteiger partial charge is 0.342 e. The number of amides is 1. The van der Waals surface area contributed by atoms with Gasteiger partial charge in [0.1, 0.15) is 11.0 Å². The number of nitrogens with zero attached hydrogens (tertiary/aromatic N) is 2. The van der Waals surface area contributed by atoms with Gasteiger partial charge in [0.05, 0.1) is 10.6 Å². The molecule has 6 nitrogen and oxygen atoms in total. The minimum absolute atomic E-state index is 0.0134. The predicted octanol–water partition coefficient (Wildman–Crippen LogP) is 2.97. The van der Waals surface area contributed by atoms with Crippen LogP contribution in [0.25, 0.3) is 0 Å². The minimum atomic E-state index is -1.03. The van der Waals surface area contributed by atoms with E-state index < -0.39 is 18.0 Å². The van der Waals surface area contributed by atoms with Gasteiger partial charge in [-0.25, -0.2) is 14.8 Å². The summed E-state index contributed by atoms with van der Waals surface area (Å²) < 4.78 is 5.05. The van der Waals surface area contributed by atoms with Gasteiger partial charge in [-0.05, 0) is 31.2 Å². The highest BCUT2D eigenvalue weighted by atomic mass is 35.5. The Bertz CT molecular complexity index is 692. The molecule has 2 aromatic rings. The first-order valence-corrected chi connectivity index (χ1v) is 6.97. The minimum Gasteiger partial charge on any atom is -0.449 e. The van der Waals surface area contributed by atoms with Gasteiger partial charge in [0.25, 0.3) is 5.91 Å². The number of esters is 1. The van der Waals surface area contributed by atoms with Crippen molar-refractivity contribution >= 4 is 40.9 Å². The molecule has 0 aromatic carbocycles. The van der Waals surface area contributed by atoms with Crippen molar-refractivity contribution < 1.29 is 14.3 Å². The van der Waals surface area contributed by atoms with E-state index >= 15 is 0 Å². The molecule has 114 valence electrons. The molecule has 0 bridgehead atoms. The summed E-state index contributed by atoms with van der Waals surface area (Å²) in [6.45, 7) is 1.44. The number of pyridine rings is 2. The standard InChI is InChI=1S/C14H11Cl2N3O3/c1-8(13(20)19-11-5-4-9(15)7-18-11)22-14(21)10-3-2-6-17-12(10)16/h2-8H,1H3,(H,18,19,20)/t8-/m1/s1. The van der Waals surface area contributed by atoms with Crippen LogP contribution >= 0.6 is 23.2 Å². The summed E-state index contributed by atoms with van der Waals surface area (Å²) in [5.74, 6) is -0.954. The molecule has 0 saturated heterocycles. The highest BCUT2D eigenvalue weighted by Crippen LogP contribution is 2.14. The molecule has 0 radical (unpaired) electrons. The molecule has 2 aromatic heterocycles. The largest absolute Gasteiger partial charge is 0.449 e. The molecule has 0 fully saturated rings. The van der Waals surface area contributed by atoms with Crippen molar-refractivity contribution in [2.24, 2.45) is 0 Å². The maximum Gasteiger partial charge on any atom is 0.342 e. The van der Waals surface area contributed by atoms with Crippen LogP contribution in [-0.4, -0.2) is 27.9 Å². The van der Waals surface area contributed by atoms with Gasteiger partial charge in [-0.2, -0.15) is 0 Å². The van der Waals surface area contributed by atoms with Gasteiger partial charge < -0.3 is 10.1 Å². The number of halogens is 2. The molecule has 0 aliphatic carbocycles. The lowest BCUT2D eigenvalue weighted by atomic mass is 10.3. The summed E-state index contributed by atoms with van der Waals surface area (Å²) in [7, 11) is 0. The van der Waals surface area contributed by atoms with E-state index in [1.54, 1.807) is 12.1 Å². The summed E-state index contributed by atoms with van der Waals surface area (Å²) in [6, 6.07) is 6.12. The average Bonchev–Trinajstić information content (AvgIpc) is 2.49. The van der Waals surface area contributed by atoms with E-state index in [9.17, 15) is 9.59 Å². The summed E-state index contributed by atoms with van der Waals surface area (Å²) in [6.07, 6.45) is 1.81. The molecule has 2 rings (SSSR count). The third-order valence-electron chi connectivity index (χ3n) is 2.61. The Kier molecular flexibility index (Phi) is 5.30. The zero-order valence-electron chi connectivity index (χ0n) is 11.4. The zero-order chi connectivity index (χ0) is 16.1. The van der Waals surface area contributed by atoms with E-state index in [-0.39, 0.29) is 10.7 Å². The Morgan fingerprint density at radius 3 is 2.64 bits per heavy atom. The molecule has 0 unspecified atom stereocenters. The second-order valence-electron chi connectivity index (χ2n) is 4.24. The van der Waals surface area contributed by atoms with E-state index in [4.69, 9.17) is 27.9 Å². The number of aromatic nitrogens is 2. The molecule has 2 heterocycles. The Morgan fingerprint density at radius 2 is 2.00 bits per heavy atom. The monoisotopic (exact) mass is 339 g/mol. The number of anilines is 1. The number of nitrogens with one attached hydrogen (secondary N) is 1. The number of carbonyl (C=O) groups is 2. The maximum atomic E-state index is 11.9. The van der Waals surface area contributed by atoms with Gasteiger partial charge in [0, 0.05) is 12.4 Å². The van der Waals surface area contributed by atoms with Crippen LogP contribution in [0.5, 0.6) is 0 Å². The van der Waals surface area contributed by atoms with Gasteiger partial charge >= 0.3 is 5.97 Å². The quantitative estimate of drug-likeness (QED) is 0.684. The van der Waals surface area contributed by atoms with Crippen molar-refractivity contribution in [3.63, 3.8) is 0 Å². The molecule has 1 atom stereocenters. The highest BCUT2D eigenvalue weighted by Gasteiger charge is 2.21. The topological polar surface area (TPSA) is 81.2 Å². The van der Waals surface area contributed by atoms with Crippen LogP contribution in [0, 0.1) is 0 Å². The lowest BCUT2D eigenvalue weighted by Crippen LogP contribution is -2.30. The van der Waals surface area contributed by atoms with Gasteiger partial charge in [0.15, 0.2) is 6.10 Å². The lowest BCUT2D eigenvalue weighted by Gasteiger charge is -2.13. The Labute approximate surface area is 136 Å². The summed E-state index contributed by atoms with van der Waals surface area (Å²) in [4.78, 5) is 31.5. The maximum absolute atomic E-state index is 11.9. The van der Waals surface area contributed by atoms with Gasteiger partial charge in [-0.3, -0.25) is 4.79 Å². The summed E-state index contributed by atoms with van der Waals surface area (Å²) >= 11 is 11.5. The van der Waals surface area contributed by atoms with Crippen LogP contribution in [0.3, 0.4) is 0 Å². The van der Waals surface area contributed by atoms with Crippen molar-refractivity contribution in [1.82, 2.24) is 9.97 Å². The van der Waals surface area contributed by atoms with E-state index in [0.717, 1.165) is 0 Å². The Balaban J connectivity index is 1.98. The SMILES string of the molecule is C[C@@H](OC(=O)c1cccnc1Cl)C(=O)Nc1ccc(Cl)cn1. The lowest BCUT2D eigenvalue weighted by molar-refractivity contribution is -0.123. The number of ether oxygens (including phenoxy) is 1. The van der Waals surface area contributed by atoms with E-state index in [1.165, 1.54) is 31.5 Å². The van der Waals surface area contributed by atoms with Gasteiger partial charge in [-0.15, -0.1) is 0 Å². The first kappa shape index (κ1) is 16.2. The fourth-order valence-corrected chi connectivity index (χ4v) is 1.80. The molecule has 0 saturated carbocycles. The van der Waals surface area contributed by atoms with Crippen LogP contribution in [0.2, 0.25) is 10.2 Å². The Morgan fingerprint density at radius 1 is 1.23 bits per heavy atom. The van der Waals surface area contributed by atoms with Gasteiger partial charge in [-0.1, -0.05) is 23.2 Å². The van der Waals surface area contributed by atoms with Crippen LogP contribution < -0.4 is 5.32 Å². The fraction of sp³-hybridized carbons (Fsp3) is 0.143. The average molecular weight is 340 g/mol. The third kappa shape index (κ3) is 4.16. The highest BCUT2D eigenvalue weighted by molar-refractivity contribution is 6.32. The Hall–Kier alpha value is -2.18. The molecule has 0 aliphatic rings. The second kappa shape index (κ2) is 7.20. The molecule has 1 N–H and O–H groups in total. The first-order chi connectivity index (χ1) is 10.5. The van der Waals surface area contributed by atoms with E-state index in [1.807, 2.05) is 0 Å². The number of rotatable bonds is 4. The summed E-state index contributed by atoms with van der Waals surface area (Å²) in [5, 5.41) is 2.97. The van der Waals surface area contributed by atoms with Crippen molar-refractivity contribution in [2.75, 3.05) is 5.32 Å². The van der Waals surface area contributed by atoms with E-state index in [2.05, 4.69) is 15.3 Å². The van der Waals surface area contributed by atoms with Crippen molar-refractivity contribution in [1.29, 1.82) is 0 Å². The van der Waals surface area contributed by atoms with E-state index in [0.29, 0.717) is 10.8 Å². The molecule has 8 heteroatoms. The second-order valence-corrected chi connectivity index (χ2v) is 5.03. The van der Waals surface area contributed by atoms with Crippen molar-refractivity contribution in [2.45, 2.75) is 13.0 Å². The van der Waals surface area contributed by atoms with Crippen LogP contribution in [0.4, 0.5) is 5.82 Å². The summed E-state index contributed by atoms with van der Waals surface area (Å²) in [5.41, 5.74) is 0.0911. The first-order valence-electron chi connectivity index (χ1n) is 6.21. The fourth-order valence-electron chi connectivity index (χ4n) is 1.49. The van der Waals surface area contributed by atoms with Crippen LogP contribution in [0.15, 0.2) is 36.7 Å².